The first-order chi connectivity index (χ1) is 19.8. The number of anilines is 1. The van der Waals surface area contributed by atoms with Crippen LogP contribution >= 0.6 is 0 Å². The summed E-state index contributed by atoms with van der Waals surface area (Å²) in [5, 5.41) is 12.5. The Bertz CT molecular complexity index is 1190. The molecule has 2 aliphatic rings. The number of carboxylic acid groups (broad SMARTS) is 1. The number of amides is 1. The molecule has 2 N–H and O–H groups in total. The molecular weight excluding hydrogens is 528 g/mol. The van der Waals surface area contributed by atoms with Crippen molar-refractivity contribution in [3.05, 3.63) is 59.7 Å². The van der Waals surface area contributed by atoms with Crippen molar-refractivity contribution in [1.29, 1.82) is 0 Å². The SMILES string of the molecule is CNc1ccc(C2(CCN(Cc3ccc(OC4CCC(C(=O)O)CC4)cc3)C(=O)C(C)(C)C)CCOC(C)(C)C2)cc1. The van der Waals surface area contributed by atoms with Crippen LogP contribution in [-0.4, -0.2) is 53.8 Å². The van der Waals surface area contributed by atoms with Crippen molar-refractivity contribution >= 4 is 17.6 Å². The highest BCUT2D eigenvalue weighted by molar-refractivity contribution is 5.81. The fourth-order valence-electron chi connectivity index (χ4n) is 6.66. The van der Waals surface area contributed by atoms with Crippen molar-refractivity contribution < 1.29 is 24.2 Å². The fraction of sp³-hybridized carbons (Fsp3) is 0.600. The summed E-state index contributed by atoms with van der Waals surface area (Å²) in [6, 6.07) is 16.8. The van der Waals surface area contributed by atoms with E-state index >= 15 is 0 Å². The van der Waals surface area contributed by atoms with Gasteiger partial charge in [-0.15, -0.1) is 0 Å². The molecule has 2 fully saturated rings. The Kier molecular flexibility index (Phi) is 9.92. The zero-order valence-corrected chi connectivity index (χ0v) is 26.4. The van der Waals surface area contributed by atoms with Crippen LogP contribution in [-0.2, 0) is 26.3 Å². The number of hydrogen-bond acceptors (Lipinski definition) is 5. The maximum atomic E-state index is 13.7. The molecule has 0 aromatic heterocycles. The van der Waals surface area contributed by atoms with E-state index in [1.165, 1.54) is 5.56 Å². The molecule has 1 heterocycles. The lowest BCUT2D eigenvalue weighted by Gasteiger charge is -2.46. The Labute approximate surface area is 252 Å². The van der Waals surface area contributed by atoms with Crippen LogP contribution in [0.3, 0.4) is 0 Å². The maximum Gasteiger partial charge on any atom is 0.306 e. The molecule has 42 heavy (non-hydrogen) atoms. The van der Waals surface area contributed by atoms with Gasteiger partial charge < -0.3 is 24.8 Å². The van der Waals surface area contributed by atoms with Crippen LogP contribution in [0.15, 0.2) is 48.5 Å². The van der Waals surface area contributed by atoms with Gasteiger partial charge in [-0.3, -0.25) is 9.59 Å². The first kappa shape index (κ1) is 31.9. The minimum absolute atomic E-state index is 0.0486. The van der Waals surface area contributed by atoms with Gasteiger partial charge in [0.1, 0.15) is 5.75 Å². The Hall–Kier alpha value is -3.06. The smallest absolute Gasteiger partial charge is 0.306 e. The standard InChI is InChI=1S/C35H50N2O5/c1-33(2,3)32(40)37(23-25-7-15-29(16-8-25)42-30-17-9-26(10-18-30)31(38)39)21-19-35(20-22-41-34(4,5)24-35)27-11-13-28(36-6)14-12-27/h7-8,11-16,26,30,36H,9-10,17-24H2,1-6H3,(H,38,39). The molecule has 1 atom stereocenters. The summed E-state index contributed by atoms with van der Waals surface area (Å²) in [5.74, 6) is -0.0208. The molecule has 230 valence electrons. The van der Waals surface area contributed by atoms with E-state index in [1.54, 1.807) is 0 Å². The van der Waals surface area contributed by atoms with Crippen LogP contribution in [0, 0.1) is 11.3 Å². The maximum absolute atomic E-state index is 13.7. The second kappa shape index (κ2) is 13.1. The number of aliphatic carboxylic acids is 1. The zero-order valence-electron chi connectivity index (χ0n) is 26.4. The van der Waals surface area contributed by atoms with Gasteiger partial charge in [0.2, 0.25) is 5.91 Å². The van der Waals surface area contributed by atoms with Crippen molar-refractivity contribution in [2.75, 3.05) is 25.5 Å². The number of nitrogens with zero attached hydrogens (tertiary/aromatic N) is 1. The third kappa shape index (κ3) is 8.06. The second-order valence-electron chi connectivity index (χ2n) is 13.9. The monoisotopic (exact) mass is 578 g/mol. The van der Waals surface area contributed by atoms with Gasteiger partial charge in [0, 0.05) is 43.3 Å². The lowest BCUT2D eigenvalue weighted by atomic mass is 9.67. The summed E-state index contributed by atoms with van der Waals surface area (Å²) in [7, 11) is 1.93. The van der Waals surface area contributed by atoms with Gasteiger partial charge in [-0.25, -0.2) is 0 Å². The lowest BCUT2D eigenvalue weighted by molar-refractivity contribution is -0.143. The Morgan fingerprint density at radius 3 is 2.21 bits per heavy atom. The molecule has 4 rings (SSSR count). The van der Waals surface area contributed by atoms with E-state index in [9.17, 15) is 14.7 Å². The van der Waals surface area contributed by atoms with Crippen LogP contribution in [0.4, 0.5) is 5.69 Å². The van der Waals surface area contributed by atoms with E-state index in [0.29, 0.717) is 32.5 Å². The highest BCUT2D eigenvalue weighted by Crippen LogP contribution is 2.44. The Morgan fingerprint density at radius 1 is 1.02 bits per heavy atom. The Morgan fingerprint density at radius 2 is 1.67 bits per heavy atom. The minimum Gasteiger partial charge on any atom is -0.490 e. The summed E-state index contributed by atoms with van der Waals surface area (Å²) in [5.41, 5.74) is 2.65. The summed E-state index contributed by atoms with van der Waals surface area (Å²) >= 11 is 0. The van der Waals surface area contributed by atoms with Crippen molar-refractivity contribution in [2.45, 2.75) is 103 Å². The third-order valence-corrected chi connectivity index (χ3v) is 9.04. The first-order valence-electron chi connectivity index (χ1n) is 15.5. The second-order valence-corrected chi connectivity index (χ2v) is 13.9. The van der Waals surface area contributed by atoms with Gasteiger partial charge in [-0.2, -0.15) is 0 Å². The third-order valence-electron chi connectivity index (χ3n) is 9.04. The van der Waals surface area contributed by atoms with Crippen LogP contribution in [0.2, 0.25) is 0 Å². The number of ether oxygens (including phenoxy) is 2. The van der Waals surface area contributed by atoms with E-state index in [-0.39, 0.29) is 28.9 Å². The van der Waals surface area contributed by atoms with Crippen LogP contribution in [0.25, 0.3) is 0 Å². The summed E-state index contributed by atoms with van der Waals surface area (Å²) in [4.78, 5) is 27.0. The molecule has 1 saturated heterocycles. The quantitative estimate of drug-likeness (QED) is 0.314. The molecule has 1 aliphatic carbocycles. The summed E-state index contributed by atoms with van der Waals surface area (Å²) in [6.45, 7) is 12.2. The predicted octanol–water partition coefficient (Wildman–Crippen LogP) is 7.04. The van der Waals surface area contributed by atoms with Crippen LogP contribution in [0.5, 0.6) is 5.75 Å². The van der Waals surface area contributed by atoms with Crippen molar-refractivity contribution in [3.8, 4) is 5.75 Å². The molecule has 2 aromatic carbocycles. The van der Waals surface area contributed by atoms with Gasteiger partial charge in [0.15, 0.2) is 0 Å². The number of carboxylic acids is 1. The normalized spacial score (nSPS) is 24.0. The van der Waals surface area contributed by atoms with Crippen LogP contribution in [0.1, 0.15) is 90.7 Å². The van der Waals surface area contributed by atoms with E-state index in [0.717, 1.165) is 49.1 Å². The molecule has 0 radical (unpaired) electrons. The highest BCUT2D eigenvalue weighted by Gasteiger charge is 2.42. The fourth-order valence-corrected chi connectivity index (χ4v) is 6.66. The lowest BCUT2D eigenvalue weighted by Crippen LogP contribution is -2.47. The van der Waals surface area contributed by atoms with Crippen molar-refractivity contribution in [1.82, 2.24) is 4.90 Å². The number of carbonyl (C=O) groups is 2. The average Bonchev–Trinajstić information content (AvgIpc) is 2.95. The Balaban J connectivity index is 1.48. The molecule has 7 heteroatoms. The average molecular weight is 579 g/mol. The number of hydrogen-bond donors (Lipinski definition) is 2. The molecule has 1 unspecified atom stereocenters. The van der Waals surface area contributed by atoms with Gasteiger partial charge >= 0.3 is 5.97 Å². The topological polar surface area (TPSA) is 88.1 Å². The van der Waals surface area contributed by atoms with E-state index < -0.39 is 11.4 Å². The molecular formula is C35H50N2O5. The van der Waals surface area contributed by atoms with E-state index in [2.05, 4.69) is 43.4 Å². The van der Waals surface area contributed by atoms with Crippen molar-refractivity contribution in [2.24, 2.45) is 11.3 Å². The van der Waals surface area contributed by atoms with Crippen LogP contribution < -0.4 is 10.1 Å². The molecule has 0 spiro atoms. The predicted molar refractivity (Wildman–Crippen MR) is 167 cm³/mol. The van der Waals surface area contributed by atoms with Gasteiger partial charge in [0.05, 0.1) is 17.6 Å². The number of carbonyl (C=O) groups excluding carboxylic acids is 1. The molecule has 1 saturated carbocycles. The minimum atomic E-state index is -0.703. The first-order valence-corrected chi connectivity index (χ1v) is 15.5. The zero-order chi connectivity index (χ0) is 30.5. The van der Waals surface area contributed by atoms with E-state index in [1.807, 2.05) is 57.0 Å². The highest BCUT2D eigenvalue weighted by atomic mass is 16.5. The van der Waals surface area contributed by atoms with Gasteiger partial charge in [0.25, 0.3) is 0 Å². The number of rotatable bonds is 10. The molecule has 7 nitrogen and oxygen atoms in total. The largest absolute Gasteiger partial charge is 0.490 e. The van der Waals surface area contributed by atoms with Crippen molar-refractivity contribution in [3.63, 3.8) is 0 Å². The molecule has 0 bridgehead atoms. The van der Waals surface area contributed by atoms with Gasteiger partial charge in [-0.05, 0) is 94.2 Å². The number of benzene rings is 2. The molecule has 1 amide bonds. The molecule has 1 aliphatic heterocycles. The van der Waals surface area contributed by atoms with Gasteiger partial charge in [-0.1, -0.05) is 45.0 Å². The molecule has 2 aromatic rings. The summed E-state index contributed by atoms with van der Waals surface area (Å²) < 4.78 is 12.3. The number of nitrogens with one attached hydrogen (secondary N) is 1. The van der Waals surface area contributed by atoms with E-state index in [4.69, 9.17) is 9.47 Å². The summed E-state index contributed by atoms with van der Waals surface area (Å²) in [6.07, 6.45) is 5.57.